The van der Waals surface area contributed by atoms with Crippen molar-refractivity contribution in [1.82, 2.24) is 24.3 Å². The van der Waals surface area contributed by atoms with Crippen LogP contribution < -0.4 is 5.73 Å². The van der Waals surface area contributed by atoms with E-state index in [1.807, 2.05) is 17.1 Å². The third-order valence-electron chi connectivity index (χ3n) is 2.56. The molecule has 2 heterocycles. The van der Waals surface area contributed by atoms with Crippen LogP contribution in [0.15, 0.2) is 23.9 Å². The molecular weight excluding hydrogens is 248 g/mol. The van der Waals surface area contributed by atoms with E-state index in [1.165, 1.54) is 0 Å². The Kier molecular flexibility index (Phi) is 4.24. The minimum Gasteiger partial charge on any atom is -0.368 e. The minimum atomic E-state index is 0.288. The van der Waals surface area contributed by atoms with E-state index in [9.17, 15) is 0 Å². The van der Waals surface area contributed by atoms with Crippen molar-refractivity contribution in [2.45, 2.75) is 38.0 Å². The Morgan fingerprint density at radius 3 is 2.89 bits per heavy atom. The van der Waals surface area contributed by atoms with Gasteiger partial charge in [-0.2, -0.15) is 0 Å². The van der Waals surface area contributed by atoms with Gasteiger partial charge in [-0.3, -0.25) is 4.57 Å². The SMILES string of the molecule is CC(C)n1c(N)nnc1SCCCn1ccnc1. The molecule has 6 nitrogen and oxygen atoms in total. The summed E-state index contributed by atoms with van der Waals surface area (Å²) < 4.78 is 4.03. The molecule has 0 aliphatic rings. The van der Waals surface area contributed by atoms with E-state index >= 15 is 0 Å². The second-order valence-corrected chi connectivity index (χ2v) is 5.37. The molecule has 2 N–H and O–H groups in total. The van der Waals surface area contributed by atoms with Crippen molar-refractivity contribution in [3.8, 4) is 0 Å². The fourth-order valence-corrected chi connectivity index (χ4v) is 2.70. The van der Waals surface area contributed by atoms with Gasteiger partial charge in [-0.05, 0) is 20.3 Å². The summed E-state index contributed by atoms with van der Waals surface area (Å²) in [6.07, 6.45) is 6.66. The highest BCUT2D eigenvalue weighted by molar-refractivity contribution is 7.99. The molecule has 2 aromatic rings. The predicted octanol–water partition coefficient (Wildman–Crippen LogP) is 1.82. The number of aromatic nitrogens is 5. The van der Waals surface area contributed by atoms with E-state index in [4.69, 9.17) is 5.73 Å². The molecule has 0 unspecified atom stereocenters. The number of nitrogens with two attached hydrogens (primary N) is 1. The maximum atomic E-state index is 5.79. The van der Waals surface area contributed by atoms with Crippen molar-refractivity contribution in [3.05, 3.63) is 18.7 Å². The van der Waals surface area contributed by atoms with E-state index in [1.54, 1.807) is 18.0 Å². The fourth-order valence-electron chi connectivity index (χ4n) is 1.70. The number of hydrogen-bond acceptors (Lipinski definition) is 5. The number of anilines is 1. The second kappa shape index (κ2) is 5.90. The van der Waals surface area contributed by atoms with Gasteiger partial charge in [0.05, 0.1) is 6.33 Å². The summed E-state index contributed by atoms with van der Waals surface area (Å²) in [5.74, 6) is 1.48. The van der Waals surface area contributed by atoms with Crippen LogP contribution in [-0.2, 0) is 6.54 Å². The standard InChI is InChI=1S/C11H18N6S/c1-9(2)17-10(12)14-15-11(17)18-7-3-5-16-6-4-13-8-16/h4,6,8-9H,3,5,7H2,1-2H3,(H2,12,14). The third-order valence-corrected chi connectivity index (χ3v) is 3.59. The van der Waals surface area contributed by atoms with Crippen LogP contribution >= 0.6 is 11.8 Å². The average Bonchev–Trinajstić information content (AvgIpc) is 2.94. The number of nitrogens with zero attached hydrogens (tertiary/aromatic N) is 5. The lowest BCUT2D eigenvalue weighted by Crippen LogP contribution is -2.07. The maximum Gasteiger partial charge on any atom is 0.222 e. The molecule has 0 saturated carbocycles. The van der Waals surface area contributed by atoms with Crippen molar-refractivity contribution in [3.63, 3.8) is 0 Å². The first-order valence-corrected chi connectivity index (χ1v) is 6.96. The number of rotatable bonds is 6. The second-order valence-electron chi connectivity index (χ2n) is 4.31. The highest BCUT2D eigenvalue weighted by Gasteiger charge is 2.12. The van der Waals surface area contributed by atoms with Gasteiger partial charge in [0.2, 0.25) is 5.95 Å². The summed E-state index contributed by atoms with van der Waals surface area (Å²) in [6, 6.07) is 0.288. The van der Waals surface area contributed by atoms with E-state index in [0.29, 0.717) is 5.95 Å². The van der Waals surface area contributed by atoms with Gasteiger partial charge in [-0.15, -0.1) is 10.2 Å². The minimum absolute atomic E-state index is 0.288. The lowest BCUT2D eigenvalue weighted by atomic mass is 10.4. The van der Waals surface area contributed by atoms with Gasteiger partial charge in [0.25, 0.3) is 0 Å². The molecule has 0 bridgehead atoms. The first-order chi connectivity index (χ1) is 8.68. The lowest BCUT2D eigenvalue weighted by Gasteiger charge is -2.11. The third kappa shape index (κ3) is 3.04. The molecule has 0 aliphatic heterocycles. The highest BCUT2D eigenvalue weighted by Crippen LogP contribution is 2.23. The van der Waals surface area contributed by atoms with Crippen molar-refractivity contribution < 1.29 is 0 Å². The molecular formula is C11H18N6S. The number of hydrogen-bond donors (Lipinski definition) is 1. The van der Waals surface area contributed by atoms with Gasteiger partial charge in [0.15, 0.2) is 5.16 Å². The Labute approximate surface area is 111 Å². The Hall–Kier alpha value is -1.50. The molecule has 0 fully saturated rings. The van der Waals surface area contributed by atoms with Crippen molar-refractivity contribution in [2.24, 2.45) is 0 Å². The molecule has 0 aliphatic carbocycles. The molecule has 0 saturated heterocycles. The average molecular weight is 266 g/mol. The predicted molar refractivity (Wildman–Crippen MR) is 72.4 cm³/mol. The van der Waals surface area contributed by atoms with E-state index < -0.39 is 0 Å². The zero-order chi connectivity index (χ0) is 13.0. The highest BCUT2D eigenvalue weighted by atomic mass is 32.2. The van der Waals surface area contributed by atoms with Crippen LogP contribution in [0.5, 0.6) is 0 Å². The summed E-state index contributed by atoms with van der Waals surface area (Å²) in [7, 11) is 0. The summed E-state index contributed by atoms with van der Waals surface area (Å²) in [6.45, 7) is 5.13. The Balaban J connectivity index is 1.83. The van der Waals surface area contributed by atoms with Crippen molar-refractivity contribution in [1.29, 1.82) is 0 Å². The van der Waals surface area contributed by atoms with E-state index in [0.717, 1.165) is 23.9 Å². The van der Waals surface area contributed by atoms with E-state index in [-0.39, 0.29) is 6.04 Å². The van der Waals surface area contributed by atoms with Crippen LogP contribution in [0.3, 0.4) is 0 Å². The van der Waals surface area contributed by atoms with Crippen molar-refractivity contribution in [2.75, 3.05) is 11.5 Å². The number of nitrogen functional groups attached to an aromatic ring is 1. The molecule has 2 rings (SSSR count). The molecule has 2 aromatic heterocycles. The quantitative estimate of drug-likeness (QED) is 0.637. The Morgan fingerprint density at radius 2 is 2.22 bits per heavy atom. The monoisotopic (exact) mass is 266 g/mol. The summed E-state index contributed by atoms with van der Waals surface area (Å²) >= 11 is 1.69. The van der Waals surface area contributed by atoms with Crippen LogP contribution in [0.25, 0.3) is 0 Å². The summed E-state index contributed by atoms with van der Waals surface area (Å²) in [5, 5.41) is 8.92. The van der Waals surface area contributed by atoms with Crippen molar-refractivity contribution >= 4 is 17.7 Å². The van der Waals surface area contributed by atoms with Crippen LogP contribution in [-0.4, -0.2) is 30.1 Å². The number of aryl methyl sites for hydroxylation is 1. The molecule has 98 valence electrons. The van der Waals surface area contributed by atoms with Crippen LogP contribution in [0, 0.1) is 0 Å². The summed E-state index contributed by atoms with van der Waals surface area (Å²) in [5.41, 5.74) is 5.79. The molecule has 7 heteroatoms. The van der Waals surface area contributed by atoms with Crippen LogP contribution in [0.1, 0.15) is 26.3 Å². The van der Waals surface area contributed by atoms with Gasteiger partial charge < -0.3 is 10.3 Å². The fraction of sp³-hybridized carbons (Fsp3) is 0.545. The lowest BCUT2D eigenvalue weighted by molar-refractivity contribution is 0.556. The zero-order valence-electron chi connectivity index (χ0n) is 10.7. The topological polar surface area (TPSA) is 74.6 Å². The van der Waals surface area contributed by atoms with Gasteiger partial charge in [0, 0.05) is 30.7 Å². The zero-order valence-corrected chi connectivity index (χ0v) is 11.5. The Bertz CT molecular complexity index is 476. The van der Waals surface area contributed by atoms with Crippen LogP contribution in [0.4, 0.5) is 5.95 Å². The first kappa shape index (κ1) is 12.9. The normalized spacial score (nSPS) is 11.3. The largest absolute Gasteiger partial charge is 0.368 e. The van der Waals surface area contributed by atoms with Gasteiger partial charge >= 0.3 is 0 Å². The first-order valence-electron chi connectivity index (χ1n) is 5.97. The molecule has 0 atom stereocenters. The Morgan fingerprint density at radius 1 is 1.39 bits per heavy atom. The van der Waals surface area contributed by atoms with Gasteiger partial charge in [0.1, 0.15) is 0 Å². The summed E-state index contributed by atoms with van der Waals surface area (Å²) in [4.78, 5) is 4.01. The van der Waals surface area contributed by atoms with Crippen LogP contribution in [0.2, 0.25) is 0 Å². The van der Waals surface area contributed by atoms with Gasteiger partial charge in [-0.1, -0.05) is 11.8 Å². The number of imidazole rings is 1. The molecule has 0 spiro atoms. The van der Waals surface area contributed by atoms with E-state index in [2.05, 4.69) is 33.6 Å². The molecule has 0 radical (unpaired) electrons. The molecule has 0 aromatic carbocycles. The smallest absolute Gasteiger partial charge is 0.222 e. The maximum absolute atomic E-state index is 5.79. The number of thioether (sulfide) groups is 1. The van der Waals surface area contributed by atoms with Gasteiger partial charge in [-0.25, -0.2) is 4.98 Å². The molecule has 0 amide bonds. The molecule has 18 heavy (non-hydrogen) atoms.